The zero-order chi connectivity index (χ0) is 17.6. The van der Waals surface area contributed by atoms with Gasteiger partial charge < -0.3 is 9.47 Å². The van der Waals surface area contributed by atoms with Gasteiger partial charge in [0.2, 0.25) is 18.9 Å². The summed E-state index contributed by atoms with van der Waals surface area (Å²) in [5.74, 6) is -0.979. The van der Waals surface area contributed by atoms with Crippen molar-refractivity contribution in [2.45, 2.75) is 26.1 Å². The number of carbonyl (C=O) groups is 1. The first kappa shape index (κ1) is 16.8. The summed E-state index contributed by atoms with van der Waals surface area (Å²) in [6.07, 6.45) is -4.21. The van der Waals surface area contributed by atoms with Crippen molar-refractivity contribution in [3.8, 4) is 5.75 Å². The molecule has 0 aromatic heterocycles. The molecule has 0 aliphatic carbocycles. The number of hydrogen-bond acceptors (Lipinski definition) is 3. The van der Waals surface area contributed by atoms with Crippen molar-refractivity contribution in [1.29, 1.82) is 0 Å². The monoisotopic (exact) mass is 360 g/mol. The van der Waals surface area contributed by atoms with E-state index in [4.69, 9.17) is 21.1 Å². The Morgan fingerprint density at radius 3 is 2.67 bits per heavy atom. The minimum atomic E-state index is -4.74. The van der Waals surface area contributed by atoms with Gasteiger partial charge in [0.25, 0.3) is 6.73 Å². The standard InChI is InChI=1S/C16H14ClF3NO3/c1-8-9(2)13-10(6-12(8)17)5-11(14(24-13)16(18,19)20)15(22)23-7-21-3-4-21/h3,5-6,14H,4,7H2,1-2H3/q+1/t14-/m0/s1. The van der Waals surface area contributed by atoms with Crippen LogP contribution in [0.3, 0.4) is 0 Å². The molecule has 0 fully saturated rings. The Bertz CT molecular complexity index is 784. The Labute approximate surface area is 141 Å². The van der Waals surface area contributed by atoms with Gasteiger partial charge in [-0.2, -0.15) is 17.7 Å². The van der Waals surface area contributed by atoms with Crippen molar-refractivity contribution in [3.05, 3.63) is 33.4 Å². The first-order valence-corrected chi connectivity index (χ1v) is 7.55. The molecule has 1 aromatic carbocycles. The van der Waals surface area contributed by atoms with Crippen LogP contribution in [0.25, 0.3) is 6.08 Å². The third kappa shape index (κ3) is 3.13. The van der Waals surface area contributed by atoms with Gasteiger partial charge in [-0.1, -0.05) is 11.6 Å². The molecule has 2 aliphatic rings. The average molecular weight is 361 g/mol. The summed E-state index contributed by atoms with van der Waals surface area (Å²) in [6, 6.07) is 1.48. The molecule has 8 heteroatoms. The summed E-state index contributed by atoms with van der Waals surface area (Å²) in [7, 11) is 0. The minimum absolute atomic E-state index is 0.0788. The molecule has 3 rings (SSSR count). The average Bonchev–Trinajstić information content (AvgIpc) is 3.32. The van der Waals surface area contributed by atoms with Crippen LogP contribution in [-0.2, 0) is 9.53 Å². The van der Waals surface area contributed by atoms with E-state index in [0.717, 1.165) is 6.08 Å². The molecule has 1 aromatic rings. The van der Waals surface area contributed by atoms with Crippen LogP contribution < -0.4 is 4.74 Å². The summed E-state index contributed by atoms with van der Waals surface area (Å²) in [5.41, 5.74) is 0.881. The topological polar surface area (TPSA) is 38.5 Å². The van der Waals surface area contributed by atoms with Crippen molar-refractivity contribution in [1.82, 2.24) is 0 Å². The van der Waals surface area contributed by atoms with E-state index in [0.29, 0.717) is 28.3 Å². The molecule has 4 nitrogen and oxygen atoms in total. The Balaban J connectivity index is 2.01. The molecule has 0 radical (unpaired) electrons. The van der Waals surface area contributed by atoms with Crippen molar-refractivity contribution < 1.29 is 32.0 Å². The molecule has 0 bridgehead atoms. The highest BCUT2D eigenvalue weighted by molar-refractivity contribution is 6.31. The van der Waals surface area contributed by atoms with Crippen LogP contribution in [-0.4, -0.2) is 42.3 Å². The summed E-state index contributed by atoms with van der Waals surface area (Å²) in [5, 5.41) is 0.392. The van der Waals surface area contributed by atoms with Gasteiger partial charge in [-0.25, -0.2) is 4.79 Å². The SMILES string of the molecule is Cc1c(Cl)cc2c(c1C)O[C@H](C(F)(F)F)C(C(=O)OC[N+]1=CC1)=C2. The van der Waals surface area contributed by atoms with Crippen LogP contribution in [0, 0.1) is 13.8 Å². The van der Waals surface area contributed by atoms with E-state index in [1.165, 1.54) is 6.07 Å². The number of alkyl halides is 3. The third-order valence-electron chi connectivity index (χ3n) is 3.97. The maximum atomic E-state index is 13.4. The van der Waals surface area contributed by atoms with Crippen LogP contribution >= 0.6 is 11.6 Å². The van der Waals surface area contributed by atoms with Crippen LogP contribution in [0.4, 0.5) is 13.2 Å². The number of halogens is 4. The van der Waals surface area contributed by atoms with Crippen molar-refractivity contribution >= 4 is 29.9 Å². The van der Waals surface area contributed by atoms with E-state index in [-0.39, 0.29) is 12.5 Å². The van der Waals surface area contributed by atoms with Gasteiger partial charge in [0, 0.05) is 10.6 Å². The molecule has 2 aliphatic heterocycles. The molecule has 0 unspecified atom stereocenters. The van der Waals surface area contributed by atoms with Crippen molar-refractivity contribution in [2.24, 2.45) is 0 Å². The fourth-order valence-electron chi connectivity index (χ4n) is 2.36. The molecular weight excluding hydrogens is 347 g/mol. The van der Waals surface area contributed by atoms with E-state index in [9.17, 15) is 18.0 Å². The molecule has 128 valence electrons. The molecule has 2 heterocycles. The van der Waals surface area contributed by atoms with Crippen LogP contribution in [0.2, 0.25) is 5.02 Å². The second kappa shape index (κ2) is 5.81. The second-order valence-corrected chi connectivity index (χ2v) is 6.09. The van der Waals surface area contributed by atoms with Crippen LogP contribution in [0.1, 0.15) is 16.7 Å². The van der Waals surface area contributed by atoms with E-state index < -0.39 is 23.8 Å². The van der Waals surface area contributed by atoms with Gasteiger partial charge in [-0.05, 0) is 37.1 Å². The van der Waals surface area contributed by atoms with Crippen molar-refractivity contribution in [2.75, 3.05) is 13.3 Å². The lowest BCUT2D eigenvalue weighted by molar-refractivity contribution is -0.482. The number of hydrogen-bond donors (Lipinski definition) is 0. The van der Waals surface area contributed by atoms with Gasteiger partial charge in [0.1, 0.15) is 5.75 Å². The molecular formula is C16H14ClF3NO3+. The normalized spacial score (nSPS) is 19.0. The number of ether oxygens (including phenoxy) is 2. The maximum absolute atomic E-state index is 13.4. The fraction of sp³-hybridized carbons (Fsp3) is 0.375. The largest absolute Gasteiger partial charge is 0.475 e. The Morgan fingerprint density at radius 1 is 1.42 bits per heavy atom. The Morgan fingerprint density at radius 2 is 2.08 bits per heavy atom. The first-order valence-electron chi connectivity index (χ1n) is 7.17. The van der Waals surface area contributed by atoms with Gasteiger partial charge in [-0.15, -0.1) is 0 Å². The van der Waals surface area contributed by atoms with Gasteiger partial charge in [0.05, 0.1) is 5.57 Å². The molecule has 0 amide bonds. The second-order valence-electron chi connectivity index (χ2n) is 5.68. The molecule has 24 heavy (non-hydrogen) atoms. The van der Waals surface area contributed by atoms with Gasteiger partial charge in [-0.3, -0.25) is 0 Å². The highest BCUT2D eigenvalue weighted by Gasteiger charge is 2.49. The zero-order valence-electron chi connectivity index (χ0n) is 12.9. The lowest BCUT2D eigenvalue weighted by Gasteiger charge is -2.29. The molecule has 0 saturated heterocycles. The molecule has 0 N–H and O–H groups in total. The van der Waals surface area contributed by atoms with E-state index in [1.807, 2.05) is 0 Å². The minimum Gasteiger partial charge on any atom is -0.475 e. The fourth-order valence-corrected chi connectivity index (χ4v) is 2.62. The van der Waals surface area contributed by atoms with Gasteiger partial charge >= 0.3 is 12.1 Å². The highest BCUT2D eigenvalue weighted by atomic mass is 35.5. The number of esters is 1. The summed E-state index contributed by atoms with van der Waals surface area (Å²) < 4.78 is 51.7. The lowest BCUT2D eigenvalue weighted by atomic mass is 9.97. The Hall–Kier alpha value is -2.02. The van der Waals surface area contributed by atoms with E-state index in [2.05, 4.69) is 0 Å². The van der Waals surface area contributed by atoms with Crippen LogP contribution in [0.15, 0.2) is 11.6 Å². The number of rotatable bonds is 3. The quantitative estimate of drug-likeness (QED) is 0.613. The number of fused-ring (bicyclic) bond motifs is 1. The number of benzene rings is 1. The zero-order valence-corrected chi connectivity index (χ0v) is 13.7. The number of carbonyl (C=O) groups excluding carboxylic acids is 1. The van der Waals surface area contributed by atoms with Crippen molar-refractivity contribution in [3.63, 3.8) is 0 Å². The summed E-state index contributed by atoms with van der Waals surface area (Å²) in [4.78, 5) is 12.1. The predicted molar refractivity (Wildman–Crippen MR) is 81.5 cm³/mol. The van der Waals surface area contributed by atoms with E-state index >= 15 is 0 Å². The lowest BCUT2D eigenvalue weighted by Crippen LogP contribution is -2.41. The molecule has 0 saturated carbocycles. The Kier molecular flexibility index (Phi) is 4.07. The third-order valence-corrected chi connectivity index (χ3v) is 4.36. The maximum Gasteiger partial charge on any atom is 0.430 e. The molecule has 0 spiro atoms. The highest BCUT2D eigenvalue weighted by Crippen LogP contribution is 2.41. The van der Waals surface area contributed by atoms with Gasteiger partial charge in [0.15, 0.2) is 0 Å². The molecule has 1 atom stereocenters. The summed E-state index contributed by atoms with van der Waals surface area (Å²) >= 11 is 6.08. The van der Waals surface area contributed by atoms with E-state index in [1.54, 1.807) is 24.6 Å². The van der Waals surface area contributed by atoms with Crippen LogP contribution in [0.5, 0.6) is 5.75 Å². The first-order chi connectivity index (χ1) is 11.2. The summed E-state index contributed by atoms with van der Waals surface area (Å²) in [6.45, 7) is 3.88. The smallest absolute Gasteiger partial charge is 0.430 e. The predicted octanol–water partition coefficient (Wildman–Crippen LogP) is 3.26. The number of nitrogens with zero attached hydrogens (tertiary/aromatic N) is 1.